The van der Waals surface area contributed by atoms with Gasteiger partial charge in [0.2, 0.25) is 0 Å². The van der Waals surface area contributed by atoms with Crippen molar-refractivity contribution in [3.8, 4) is 0 Å². The summed E-state index contributed by atoms with van der Waals surface area (Å²) in [5.41, 5.74) is -2.53. The molecule has 1 aliphatic heterocycles. The Morgan fingerprint density at radius 2 is 2.12 bits per heavy atom. The summed E-state index contributed by atoms with van der Waals surface area (Å²) in [5, 5.41) is 15.1. The van der Waals surface area contributed by atoms with Crippen LogP contribution in [0.1, 0.15) is 42.1 Å². The second-order valence-electron chi connectivity index (χ2n) is 6.83. The summed E-state index contributed by atoms with van der Waals surface area (Å²) in [6.07, 6.45) is -3.85. The highest BCUT2D eigenvalue weighted by Crippen LogP contribution is 2.49. The first-order valence-electron chi connectivity index (χ1n) is 8.03. The van der Waals surface area contributed by atoms with Crippen molar-refractivity contribution in [1.29, 1.82) is 0 Å². The minimum atomic E-state index is -5.02. The maximum atomic E-state index is 13.8. The third-order valence-corrected chi connectivity index (χ3v) is 5.41. The monoisotopic (exact) mass is 374 g/mol. The van der Waals surface area contributed by atoms with E-state index in [0.29, 0.717) is 23.4 Å². The second-order valence-corrected chi connectivity index (χ2v) is 7.24. The van der Waals surface area contributed by atoms with Gasteiger partial charge in [-0.05, 0) is 55.9 Å². The molecule has 2 aliphatic rings. The van der Waals surface area contributed by atoms with Gasteiger partial charge >= 0.3 is 6.18 Å². The predicted molar refractivity (Wildman–Crippen MR) is 87.3 cm³/mol. The van der Waals surface area contributed by atoms with Crippen LogP contribution in [0.5, 0.6) is 0 Å². The lowest BCUT2D eigenvalue weighted by Crippen LogP contribution is -2.61. The maximum Gasteiger partial charge on any atom is 0.439 e. The quantitative estimate of drug-likeness (QED) is 0.803. The van der Waals surface area contributed by atoms with Crippen LogP contribution < -0.4 is 0 Å². The summed E-state index contributed by atoms with van der Waals surface area (Å²) in [4.78, 5) is 12.7. The lowest BCUT2D eigenvalue weighted by Gasteiger charge is -2.39. The van der Waals surface area contributed by atoms with Gasteiger partial charge in [-0.3, -0.25) is 4.79 Å². The minimum Gasteiger partial charge on any atom is -0.362 e. The Morgan fingerprint density at radius 1 is 1.44 bits per heavy atom. The number of halogens is 4. The molecule has 0 spiro atoms. The molecule has 1 saturated carbocycles. The predicted octanol–water partition coefficient (Wildman–Crippen LogP) is 4.15. The molecule has 0 saturated heterocycles. The molecule has 25 heavy (non-hydrogen) atoms. The van der Waals surface area contributed by atoms with Crippen LogP contribution in [0.3, 0.4) is 0 Å². The van der Waals surface area contributed by atoms with Gasteiger partial charge < -0.3 is 5.11 Å². The molecule has 4 nitrogen and oxygen atoms in total. The van der Waals surface area contributed by atoms with E-state index >= 15 is 0 Å². The van der Waals surface area contributed by atoms with Crippen molar-refractivity contribution in [3.63, 3.8) is 0 Å². The van der Waals surface area contributed by atoms with Crippen LogP contribution >= 0.6 is 11.6 Å². The number of hydrogen-bond acceptors (Lipinski definition) is 3. The molecule has 1 aromatic carbocycles. The van der Waals surface area contributed by atoms with E-state index in [0.717, 1.165) is 0 Å². The Kier molecular flexibility index (Phi) is 4.36. The number of aryl methyl sites for hydroxylation is 1. The van der Waals surface area contributed by atoms with Crippen LogP contribution in [0.4, 0.5) is 13.2 Å². The fourth-order valence-electron chi connectivity index (χ4n) is 3.51. The average molecular weight is 375 g/mol. The van der Waals surface area contributed by atoms with Crippen molar-refractivity contribution in [2.45, 2.75) is 45.0 Å². The van der Waals surface area contributed by atoms with Crippen LogP contribution in [-0.4, -0.2) is 33.6 Å². The van der Waals surface area contributed by atoms with Gasteiger partial charge in [-0.2, -0.15) is 23.3 Å². The number of aliphatic hydroxyl groups is 1. The third-order valence-electron chi connectivity index (χ3n) is 4.99. The largest absolute Gasteiger partial charge is 0.439 e. The van der Waals surface area contributed by atoms with Gasteiger partial charge in [-0.25, -0.2) is 0 Å². The fourth-order valence-corrected chi connectivity index (χ4v) is 3.63. The minimum absolute atomic E-state index is 0.000574. The Hall–Kier alpha value is -1.60. The molecule has 136 valence electrons. The lowest BCUT2D eigenvalue weighted by atomic mass is 9.76. The van der Waals surface area contributed by atoms with Crippen molar-refractivity contribution in [3.05, 3.63) is 34.3 Å². The van der Waals surface area contributed by atoms with Gasteiger partial charge in [0.25, 0.3) is 11.6 Å². The Labute approximate surface area is 148 Å². The molecule has 1 fully saturated rings. The number of benzene rings is 1. The highest BCUT2D eigenvalue weighted by Gasteiger charge is 2.68. The second kappa shape index (κ2) is 5.99. The van der Waals surface area contributed by atoms with Gasteiger partial charge in [0.1, 0.15) is 0 Å². The summed E-state index contributed by atoms with van der Waals surface area (Å²) < 4.78 is 41.3. The zero-order valence-electron chi connectivity index (χ0n) is 13.8. The maximum absolute atomic E-state index is 13.8. The number of hydrazone groups is 1. The summed E-state index contributed by atoms with van der Waals surface area (Å²) in [6, 6.07) is 4.17. The fraction of sp³-hybridized carbons (Fsp3) is 0.529. The molecule has 1 heterocycles. The summed E-state index contributed by atoms with van der Waals surface area (Å²) in [6.45, 7) is 3.48. The average Bonchev–Trinajstić information content (AvgIpc) is 2.83. The highest BCUT2D eigenvalue weighted by molar-refractivity contribution is 6.31. The number of amides is 1. The summed E-state index contributed by atoms with van der Waals surface area (Å²) in [7, 11) is 0. The number of hydrogen-bond donors (Lipinski definition) is 1. The molecule has 0 radical (unpaired) electrons. The van der Waals surface area contributed by atoms with Gasteiger partial charge in [0, 0.05) is 16.3 Å². The Bertz CT molecular complexity index is 750. The van der Waals surface area contributed by atoms with E-state index in [4.69, 9.17) is 11.6 Å². The zero-order chi connectivity index (χ0) is 18.6. The first-order valence-corrected chi connectivity index (χ1v) is 8.40. The van der Waals surface area contributed by atoms with Crippen LogP contribution in [0.15, 0.2) is 23.3 Å². The van der Waals surface area contributed by atoms with E-state index in [1.54, 1.807) is 6.92 Å². The van der Waals surface area contributed by atoms with E-state index < -0.39 is 23.7 Å². The molecule has 0 unspecified atom stereocenters. The third kappa shape index (κ3) is 2.83. The van der Waals surface area contributed by atoms with Crippen LogP contribution in [-0.2, 0) is 0 Å². The highest BCUT2D eigenvalue weighted by atomic mass is 35.5. The Balaban J connectivity index is 2.05. The van der Waals surface area contributed by atoms with Gasteiger partial charge in [-0.15, -0.1) is 0 Å². The molecule has 3 atom stereocenters. The number of rotatable bonds is 1. The van der Waals surface area contributed by atoms with Crippen molar-refractivity contribution >= 4 is 23.2 Å². The molecule has 8 heteroatoms. The molecule has 3 rings (SSSR count). The Morgan fingerprint density at radius 3 is 2.72 bits per heavy atom. The molecule has 1 aliphatic carbocycles. The first kappa shape index (κ1) is 18.2. The number of alkyl halides is 3. The molecular weight excluding hydrogens is 357 g/mol. The summed E-state index contributed by atoms with van der Waals surface area (Å²) in [5.74, 6) is -2.20. The number of nitrogens with zero attached hydrogens (tertiary/aromatic N) is 2. The lowest BCUT2D eigenvalue weighted by molar-refractivity contribution is -0.313. The van der Waals surface area contributed by atoms with E-state index in [9.17, 15) is 23.1 Å². The molecule has 0 bridgehead atoms. The zero-order valence-corrected chi connectivity index (χ0v) is 14.5. The SMILES string of the molecule is Cc1cc(C(=O)N2N=C3CC[C@H](C)C[C@H]3[C@]2(O)C(F)(F)F)ccc1Cl. The van der Waals surface area contributed by atoms with Gasteiger partial charge in [0.05, 0.1) is 5.92 Å². The first-order chi connectivity index (χ1) is 11.6. The number of carbonyl (C=O) groups excluding carboxylic acids is 1. The van der Waals surface area contributed by atoms with Crippen LogP contribution in [0.25, 0.3) is 0 Å². The smallest absolute Gasteiger partial charge is 0.362 e. The normalized spacial score (nSPS) is 29.4. The standard InChI is InChI=1S/C17H18ClF3N2O2/c1-9-3-6-14-12(7-9)16(25,17(19,20)21)23(22-14)15(24)11-4-5-13(18)10(2)8-11/h4-5,8-9,12,25H,3,6-7H2,1-2H3/t9-,12+,16-/m0/s1. The number of fused-ring (bicyclic) bond motifs is 1. The van der Waals surface area contributed by atoms with Crippen LogP contribution in [0.2, 0.25) is 5.02 Å². The summed E-state index contributed by atoms with van der Waals surface area (Å²) >= 11 is 5.91. The molecule has 0 aromatic heterocycles. The van der Waals surface area contributed by atoms with Crippen molar-refractivity contribution in [2.75, 3.05) is 0 Å². The van der Waals surface area contributed by atoms with Crippen molar-refractivity contribution in [1.82, 2.24) is 5.01 Å². The van der Waals surface area contributed by atoms with E-state index in [1.165, 1.54) is 18.2 Å². The molecule has 1 aromatic rings. The van der Waals surface area contributed by atoms with Crippen LogP contribution in [0, 0.1) is 18.8 Å². The van der Waals surface area contributed by atoms with Crippen molar-refractivity contribution < 1.29 is 23.1 Å². The van der Waals surface area contributed by atoms with Gasteiger partial charge in [-0.1, -0.05) is 18.5 Å². The molecular formula is C17H18ClF3N2O2. The van der Waals surface area contributed by atoms with Gasteiger partial charge in [0.15, 0.2) is 0 Å². The molecule has 1 amide bonds. The van der Waals surface area contributed by atoms with E-state index in [1.807, 2.05) is 6.92 Å². The topological polar surface area (TPSA) is 52.9 Å². The van der Waals surface area contributed by atoms with Crippen molar-refractivity contribution in [2.24, 2.45) is 16.9 Å². The van der Waals surface area contributed by atoms with E-state index in [2.05, 4.69) is 5.10 Å². The number of carbonyl (C=O) groups is 1. The molecule has 1 N–H and O–H groups in total. The van der Waals surface area contributed by atoms with E-state index in [-0.39, 0.29) is 28.6 Å².